The van der Waals surface area contributed by atoms with Crippen LogP contribution in [0.15, 0.2) is 47.1 Å². The van der Waals surface area contributed by atoms with Gasteiger partial charge in [-0.15, -0.1) is 0 Å². The van der Waals surface area contributed by atoms with Crippen LogP contribution in [-0.2, 0) is 13.5 Å². The van der Waals surface area contributed by atoms with E-state index in [1.54, 1.807) is 13.3 Å². The maximum atomic E-state index is 5.94. The van der Waals surface area contributed by atoms with E-state index in [9.17, 15) is 0 Å². The largest absolute Gasteiger partial charge is 0.494 e. The number of piperazine rings is 1. The highest BCUT2D eigenvalue weighted by molar-refractivity contribution is 9.10. The molecule has 6 rings (SSSR count). The molecule has 4 heterocycles. The number of methoxy groups -OCH3 is 1. The Kier molecular flexibility index (Phi) is 10.9. The lowest BCUT2D eigenvalue weighted by molar-refractivity contribution is 0.0982. The number of benzene rings is 2. The van der Waals surface area contributed by atoms with E-state index in [1.165, 1.54) is 55.6 Å². The highest BCUT2D eigenvalue weighted by atomic mass is 79.9. The van der Waals surface area contributed by atoms with Gasteiger partial charge < -0.3 is 25.2 Å². The van der Waals surface area contributed by atoms with Crippen molar-refractivity contribution in [2.75, 3.05) is 82.3 Å². The van der Waals surface area contributed by atoms with Crippen LogP contribution in [0.1, 0.15) is 31.0 Å². The van der Waals surface area contributed by atoms with Gasteiger partial charge >= 0.3 is 0 Å². The predicted molar refractivity (Wildman–Crippen MR) is 205 cm³/mol. The number of aromatic nitrogens is 4. The Balaban J connectivity index is 1.19. The number of halogens is 1. The molecule has 2 fully saturated rings. The molecule has 0 amide bonds. The van der Waals surface area contributed by atoms with Crippen molar-refractivity contribution in [3.05, 3.63) is 58.3 Å². The van der Waals surface area contributed by atoms with Crippen molar-refractivity contribution >= 4 is 58.0 Å². The summed E-state index contributed by atoms with van der Waals surface area (Å²) in [6.45, 7) is 15.7. The van der Waals surface area contributed by atoms with Crippen molar-refractivity contribution < 1.29 is 4.74 Å². The van der Waals surface area contributed by atoms with Gasteiger partial charge in [-0.3, -0.25) is 9.58 Å². The smallest absolute Gasteiger partial charge is 0.229 e. The number of nitrogens with one attached hydrogen (secondary N) is 2. The van der Waals surface area contributed by atoms with Crippen LogP contribution < -0.4 is 25.6 Å². The molecule has 256 valence electrons. The SMILES string of the molecule is CCc1cc(Nc2ncc(Br)c(Nc3ccc(-c4cc(C)n(C)n4)cc3P(C)C)n2)c(OC)cc1N1CCC(N2CCN(C)CC2)CC1. The molecule has 48 heavy (non-hydrogen) atoms. The minimum atomic E-state index is -0.402. The average Bonchev–Trinajstić information content (AvgIpc) is 3.43. The van der Waals surface area contributed by atoms with Crippen LogP contribution >= 0.6 is 23.9 Å². The molecule has 0 spiro atoms. The third-order valence-corrected chi connectivity index (χ3v) is 11.7. The summed E-state index contributed by atoms with van der Waals surface area (Å²) >= 11 is 3.68. The van der Waals surface area contributed by atoms with Gasteiger partial charge in [-0.2, -0.15) is 10.1 Å². The van der Waals surface area contributed by atoms with Crippen LogP contribution in [0.4, 0.5) is 28.8 Å². The number of hydrogen-bond acceptors (Lipinski definition) is 9. The fourth-order valence-electron chi connectivity index (χ4n) is 6.75. The van der Waals surface area contributed by atoms with E-state index < -0.39 is 7.92 Å². The Bertz CT molecular complexity index is 1710. The maximum absolute atomic E-state index is 5.94. The molecule has 10 nitrogen and oxygen atoms in total. The van der Waals surface area contributed by atoms with Crippen molar-refractivity contribution in [2.24, 2.45) is 7.05 Å². The van der Waals surface area contributed by atoms with E-state index in [1.807, 2.05) is 11.7 Å². The van der Waals surface area contributed by atoms with Crippen LogP contribution in [0.5, 0.6) is 5.75 Å². The Labute approximate surface area is 295 Å². The molecule has 0 bridgehead atoms. The maximum Gasteiger partial charge on any atom is 0.229 e. The van der Waals surface area contributed by atoms with Gasteiger partial charge in [0.05, 0.1) is 23.0 Å². The van der Waals surface area contributed by atoms with Crippen LogP contribution in [0.2, 0.25) is 0 Å². The molecule has 0 radical (unpaired) electrons. The lowest BCUT2D eigenvalue weighted by atomic mass is 9.99. The fraction of sp³-hybridized carbons (Fsp3) is 0.472. The van der Waals surface area contributed by atoms with Gasteiger partial charge in [0.2, 0.25) is 5.95 Å². The van der Waals surface area contributed by atoms with E-state index in [0.717, 1.165) is 58.1 Å². The van der Waals surface area contributed by atoms with Gasteiger partial charge in [0, 0.05) is 87.3 Å². The lowest BCUT2D eigenvalue weighted by Crippen LogP contribution is -2.52. The molecule has 2 aromatic heterocycles. The van der Waals surface area contributed by atoms with Crippen LogP contribution in [0.3, 0.4) is 0 Å². The van der Waals surface area contributed by atoms with Crippen molar-refractivity contribution in [1.82, 2.24) is 29.5 Å². The van der Waals surface area contributed by atoms with E-state index in [4.69, 9.17) is 14.8 Å². The van der Waals surface area contributed by atoms with E-state index >= 15 is 0 Å². The second kappa shape index (κ2) is 15.1. The van der Waals surface area contributed by atoms with Crippen molar-refractivity contribution in [1.29, 1.82) is 0 Å². The summed E-state index contributed by atoms with van der Waals surface area (Å²) in [5.74, 6) is 1.98. The molecule has 0 unspecified atom stereocenters. The summed E-state index contributed by atoms with van der Waals surface area (Å²) in [7, 11) is 5.54. The van der Waals surface area contributed by atoms with Gasteiger partial charge in [-0.1, -0.05) is 20.9 Å². The van der Waals surface area contributed by atoms with Crippen molar-refractivity contribution in [3.8, 4) is 17.0 Å². The summed E-state index contributed by atoms with van der Waals surface area (Å²) in [6, 6.07) is 13.7. The van der Waals surface area contributed by atoms with Crippen LogP contribution in [0, 0.1) is 6.92 Å². The molecule has 0 atom stereocenters. The number of rotatable bonds is 10. The number of nitrogens with zero attached hydrogens (tertiary/aromatic N) is 7. The molecular formula is C36H49BrN9OP. The zero-order chi connectivity index (χ0) is 33.9. The summed E-state index contributed by atoms with van der Waals surface area (Å²) in [5.41, 5.74) is 7.67. The lowest BCUT2D eigenvalue weighted by Gasteiger charge is -2.43. The monoisotopic (exact) mass is 733 g/mol. The highest BCUT2D eigenvalue weighted by Gasteiger charge is 2.28. The molecule has 0 saturated carbocycles. The first kappa shape index (κ1) is 34.6. The van der Waals surface area contributed by atoms with E-state index in [-0.39, 0.29) is 0 Å². The molecule has 0 aliphatic carbocycles. The number of hydrogen-bond donors (Lipinski definition) is 2. The molecule has 2 saturated heterocycles. The van der Waals surface area contributed by atoms with Crippen LogP contribution in [0.25, 0.3) is 11.3 Å². The van der Waals surface area contributed by atoms with Crippen molar-refractivity contribution in [2.45, 2.75) is 39.2 Å². The minimum Gasteiger partial charge on any atom is -0.494 e. The Hall–Kier alpha value is -3.24. The summed E-state index contributed by atoms with van der Waals surface area (Å²) in [5, 5.41) is 13.0. The second-order valence-electron chi connectivity index (χ2n) is 13.2. The standard InChI is InChI=1S/C36H49BrN9OP/c1-8-25-20-31(33(47-5)22-32(25)46-13-11-27(12-14-46)45-17-15-43(3)16-18-45)40-36-38-23-28(37)35(41-36)39-29-10-9-26(21-34(29)48(6)7)30-19-24(2)44(4)42-30/h9-10,19-23,27H,8,11-18H2,1-7H3,(H2,38,39,40,41). The number of piperidine rings is 1. The Morgan fingerprint density at radius 3 is 2.35 bits per heavy atom. The average molecular weight is 735 g/mol. The predicted octanol–water partition coefficient (Wildman–Crippen LogP) is 6.59. The van der Waals surface area contributed by atoms with E-state index in [0.29, 0.717) is 17.8 Å². The first-order chi connectivity index (χ1) is 23.1. The summed E-state index contributed by atoms with van der Waals surface area (Å²) in [6.07, 6.45) is 5.11. The molecule has 4 aromatic rings. The van der Waals surface area contributed by atoms with Crippen molar-refractivity contribution in [3.63, 3.8) is 0 Å². The van der Waals surface area contributed by atoms with E-state index in [2.05, 4.69) is 117 Å². The van der Waals surface area contributed by atoms with Gasteiger partial charge in [0.25, 0.3) is 0 Å². The first-order valence-electron chi connectivity index (χ1n) is 16.9. The van der Waals surface area contributed by atoms with Gasteiger partial charge in [-0.25, -0.2) is 4.98 Å². The summed E-state index contributed by atoms with van der Waals surface area (Å²) < 4.78 is 8.64. The topological polar surface area (TPSA) is 86.6 Å². The third-order valence-electron chi connectivity index (χ3n) is 9.77. The number of anilines is 5. The Morgan fingerprint density at radius 1 is 0.958 bits per heavy atom. The number of likely N-dealkylation sites (N-methyl/N-ethyl adjacent to an activating group) is 1. The first-order valence-corrected chi connectivity index (χ1v) is 19.9. The number of aryl methyl sites for hydroxylation is 3. The fourth-order valence-corrected chi connectivity index (χ4v) is 8.05. The number of ether oxygens (including phenoxy) is 1. The molecule has 2 N–H and O–H groups in total. The third kappa shape index (κ3) is 7.65. The van der Waals surface area contributed by atoms with Crippen LogP contribution in [-0.4, -0.2) is 102 Å². The van der Waals surface area contributed by atoms with Gasteiger partial charge in [0.1, 0.15) is 11.6 Å². The highest BCUT2D eigenvalue weighted by Crippen LogP contribution is 2.38. The molecule has 12 heteroatoms. The molecule has 2 aromatic carbocycles. The minimum absolute atomic E-state index is 0.402. The Morgan fingerprint density at radius 2 is 1.71 bits per heavy atom. The summed E-state index contributed by atoms with van der Waals surface area (Å²) in [4.78, 5) is 17.2. The second-order valence-corrected chi connectivity index (χ2v) is 16.3. The zero-order valence-corrected chi connectivity index (χ0v) is 31.8. The molecule has 2 aliphatic rings. The molecular weight excluding hydrogens is 685 g/mol. The van der Waals surface area contributed by atoms with Gasteiger partial charge in [0.15, 0.2) is 0 Å². The normalized spacial score (nSPS) is 16.5. The molecule has 2 aliphatic heterocycles. The quantitative estimate of drug-likeness (QED) is 0.176. The van der Waals surface area contributed by atoms with Gasteiger partial charge in [-0.05, 0) is 97.6 Å². The zero-order valence-electron chi connectivity index (χ0n) is 29.3.